The summed E-state index contributed by atoms with van der Waals surface area (Å²) in [6, 6.07) is 0.986. The minimum Gasteiger partial charge on any atom is -0.506 e. The van der Waals surface area contributed by atoms with Gasteiger partial charge in [-0.25, -0.2) is 4.98 Å². The molecule has 0 bridgehead atoms. The van der Waals surface area contributed by atoms with E-state index in [9.17, 15) is 23.1 Å². The van der Waals surface area contributed by atoms with E-state index in [0.29, 0.717) is 0 Å². The first kappa shape index (κ1) is 14.1. The largest absolute Gasteiger partial charge is 0.574 e. The number of carbonyl (C=O) groups is 1. The third-order valence-corrected chi connectivity index (χ3v) is 2.00. The molecule has 0 saturated heterocycles. The smallest absolute Gasteiger partial charge is 0.506 e. The summed E-state index contributed by atoms with van der Waals surface area (Å²) >= 11 is 0. The second-order valence-electron chi connectivity index (χ2n) is 3.36. The molecule has 0 aliphatic heterocycles. The van der Waals surface area contributed by atoms with Crippen LogP contribution in [0.25, 0.3) is 0 Å². The number of halogens is 3. The van der Waals surface area contributed by atoms with Crippen molar-refractivity contribution in [2.24, 2.45) is 0 Å². The Kier molecular flexibility index (Phi) is 4.00. The molecule has 18 heavy (non-hydrogen) atoms. The minimum absolute atomic E-state index is 0.0390. The fourth-order valence-electron chi connectivity index (χ4n) is 1.16. The molecular weight excluding hydrogens is 255 g/mol. The SMILES string of the molecule is COC(=O)Cc1cc(O)c(C)nc1OC(F)(F)F. The van der Waals surface area contributed by atoms with Gasteiger partial charge >= 0.3 is 12.3 Å². The van der Waals surface area contributed by atoms with Crippen LogP contribution in [0, 0.1) is 6.92 Å². The summed E-state index contributed by atoms with van der Waals surface area (Å²) in [7, 11) is 1.09. The van der Waals surface area contributed by atoms with Crippen LogP contribution in [-0.2, 0) is 16.0 Å². The molecule has 5 nitrogen and oxygen atoms in total. The number of pyridine rings is 1. The molecule has 8 heteroatoms. The summed E-state index contributed by atoms with van der Waals surface area (Å²) in [6.07, 6.45) is -5.41. The molecule has 0 amide bonds. The predicted molar refractivity (Wildman–Crippen MR) is 53.0 cm³/mol. The number of nitrogens with zero attached hydrogens (tertiary/aromatic N) is 1. The van der Waals surface area contributed by atoms with Crippen molar-refractivity contribution in [3.05, 3.63) is 17.3 Å². The molecule has 0 aliphatic carbocycles. The fraction of sp³-hybridized carbons (Fsp3) is 0.400. The lowest BCUT2D eigenvalue weighted by Gasteiger charge is -2.13. The maximum atomic E-state index is 12.1. The number of ether oxygens (including phenoxy) is 2. The first-order chi connectivity index (χ1) is 8.23. The lowest BCUT2D eigenvalue weighted by molar-refractivity contribution is -0.276. The molecule has 1 rings (SSSR count). The molecule has 100 valence electrons. The molecule has 0 fully saturated rings. The average molecular weight is 265 g/mol. The van der Waals surface area contributed by atoms with Crippen LogP contribution in [-0.4, -0.2) is 29.5 Å². The normalized spacial score (nSPS) is 11.2. The highest BCUT2D eigenvalue weighted by atomic mass is 19.4. The van der Waals surface area contributed by atoms with Crippen LogP contribution >= 0.6 is 0 Å². The number of carbonyl (C=O) groups excluding carboxylic acids is 1. The number of hydrogen-bond acceptors (Lipinski definition) is 5. The molecule has 0 unspecified atom stereocenters. The van der Waals surface area contributed by atoms with Gasteiger partial charge in [-0.1, -0.05) is 0 Å². The second-order valence-corrected chi connectivity index (χ2v) is 3.36. The summed E-state index contributed by atoms with van der Waals surface area (Å²) in [6.45, 7) is 1.31. The van der Waals surface area contributed by atoms with Crippen molar-refractivity contribution >= 4 is 5.97 Å². The summed E-state index contributed by atoms with van der Waals surface area (Å²) in [4.78, 5) is 14.5. The molecule has 0 spiro atoms. The number of rotatable bonds is 3. The Morgan fingerprint density at radius 1 is 1.50 bits per heavy atom. The Labute approximate surface area is 100 Å². The van der Waals surface area contributed by atoms with Crippen LogP contribution in [0.5, 0.6) is 11.6 Å². The van der Waals surface area contributed by atoms with Gasteiger partial charge in [0, 0.05) is 5.56 Å². The lowest BCUT2D eigenvalue weighted by atomic mass is 10.1. The Bertz CT molecular complexity index is 459. The zero-order chi connectivity index (χ0) is 13.9. The van der Waals surface area contributed by atoms with Gasteiger partial charge in [0.1, 0.15) is 5.75 Å². The number of esters is 1. The highest BCUT2D eigenvalue weighted by molar-refractivity contribution is 5.73. The van der Waals surface area contributed by atoms with Gasteiger partial charge in [-0.3, -0.25) is 4.79 Å². The average Bonchev–Trinajstić information content (AvgIpc) is 2.23. The van der Waals surface area contributed by atoms with E-state index >= 15 is 0 Å². The van der Waals surface area contributed by atoms with E-state index in [2.05, 4.69) is 14.5 Å². The highest BCUT2D eigenvalue weighted by Crippen LogP contribution is 2.29. The Morgan fingerprint density at radius 2 is 2.11 bits per heavy atom. The van der Waals surface area contributed by atoms with Crippen LogP contribution in [0.3, 0.4) is 0 Å². The van der Waals surface area contributed by atoms with Crippen molar-refractivity contribution < 1.29 is 32.5 Å². The first-order valence-corrected chi connectivity index (χ1v) is 4.75. The third kappa shape index (κ3) is 3.79. The first-order valence-electron chi connectivity index (χ1n) is 4.75. The predicted octanol–water partition coefficient (Wildman–Crippen LogP) is 1.71. The Hall–Kier alpha value is -1.99. The number of alkyl halides is 3. The number of aromatic nitrogens is 1. The van der Waals surface area contributed by atoms with Crippen LogP contribution < -0.4 is 4.74 Å². The van der Waals surface area contributed by atoms with Gasteiger partial charge in [-0.2, -0.15) is 0 Å². The maximum absolute atomic E-state index is 12.1. The van der Waals surface area contributed by atoms with E-state index in [0.717, 1.165) is 13.2 Å². The van der Waals surface area contributed by atoms with Crippen molar-refractivity contribution in [2.45, 2.75) is 19.7 Å². The molecule has 1 aromatic rings. The molecule has 0 atom stereocenters. The van der Waals surface area contributed by atoms with Gasteiger partial charge in [0.15, 0.2) is 0 Å². The zero-order valence-corrected chi connectivity index (χ0v) is 9.54. The molecule has 0 aromatic carbocycles. The van der Waals surface area contributed by atoms with E-state index in [1.165, 1.54) is 6.92 Å². The highest BCUT2D eigenvalue weighted by Gasteiger charge is 2.33. The number of aromatic hydroxyl groups is 1. The Balaban J connectivity index is 3.12. The third-order valence-electron chi connectivity index (χ3n) is 2.00. The minimum atomic E-state index is -4.93. The van der Waals surface area contributed by atoms with Gasteiger partial charge in [0.25, 0.3) is 0 Å². The summed E-state index contributed by atoms with van der Waals surface area (Å²) < 4.78 is 44.4. The molecular formula is C10H10F3NO4. The van der Waals surface area contributed by atoms with Crippen molar-refractivity contribution in [3.8, 4) is 11.6 Å². The van der Waals surface area contributed by atoms with E-state index in [1.54, 1.807) is 0 Å². The molecule has 0 saturated carbocycles. The quantitative estimate of drug-likeness (QED) is 0.842. The van der Waals surface area contributed by atoms with Gasteiger partial charge in [0.2, 0.25) is 5.88 Å². The van der Waals surface area contributed by atoms with E-state index in [4.69, 9.17) is 0 Å². The summed E-state index contributed by atoms with van der Waals surface area (Å²) in [5.74, 6) is -1.88. The Morgan fingerprint density at radius 3 is 2.61 bits per heavy atom. The van der Waals surface area contributed by atoms with Crippen LogP contribution in [0.15, 0.2) is 6.07 Å². The second kappa shape index (κ2) is 5.11. The van der Waals surface area contributed by atoms with Gasteiger partial charge in [-0.05, 0) is 13.0 Å². The van der Waals surface area contributed by atoms with Crippen molar-refractivity contribution in [1.82, 2.24) is 4.98 Å². The molecule has 0 aliphatic rings. The molecule has 0 radical (unpaired) electrons. The monoisotopic (exact) mass is 265 g/mol. The van der Waals surface area contributed by atoms with Gasteiger partial charge < -0.3 is 14.6 Å². The number of methoxy groups -OCH3 is 1. The van der Waals surface area contributed by atoms with E-state index in [1.807, 2.05) is 0 Å². The van der Waals surface area contributed by atoms with Gasteiger partial charge in [0.05, 0.1) is 19.2 Å². The van der Waals surface area contributed by atoms with Gasteiger partial charge in [-0.15, -0.1) is 13.2 Å². The van der Waals surface area contributed by atoms with Crippen molar-refractivity contribution in [3.63, 3.8) is 0 Å². The standard InChI is InChI=1S/C10H10F3NO4/c1-5-7(15)3-6(4-8(16)17-2)9(14-5)18-10(11,12)13/h3,15H,4H2,1-2H3. The van der Waals surface area contributed by atoms with E-state index in [-0.39, 0.29) is 17.0 Å². The summed E-state index contributed by atoms with van der Waals surface area (Å²) in [5, 5.41) is 9.36. The molecule has 1 N–H and O–H groups in total. The van der Waals surface area contributed by atoms with E-state index < -0.39 is 24.6 Å². The zero-order valence-electron chi connectivity index (χ0n) is 9.54. The number of hydrogen-bond donors (Lipinski definition) is 1. The number of aryl methyl sites for hydroxylation is 1. The lowest BCUT2D eigenvalue weighted by Crippen LogP contribution is -2.20. The summed E-state index contributed by atoms with van der Waals surface area (Å²) in [5.41, 5.74) is -0.245. The van der Waals surface area contributed by atoms with Crippen molar-refractivity contribution in [1.29, 1.82) is 0 Å². The van der Waals surface area contributed by atoms with Crippen molar-refractivity contribution in [2.75, 3.05) is 7.11 Å². The molecule has 1 aromatic heterocycles. The maximum Gasteiger partial charge on any atom is 0.574 e. The van der Waals surface area contributed by atoms with Crippen LogP contribution in [0.2, 0.25) is 0 Å². The fourth-order valence-corrected chi connectivity index (χ4v) is 1.16. The van der Waals surface area contributed by atoms with Crippen LogP contribution in [0.4, 0.5) is 13.2 Å². The molecule has 1 heterocycles. The topological polar surface area (TPSA) is 68.7 Å². The van der Waals surface area contributed by atoms with Crippen LogP contribution in [0.1, 0.15) is 11.3 Å².